The predicted octanol–water partition coefficient (Wildman–Crippen LogP) is 5.35. The minimum absolute atomic E-state index is 0.155. The molecule has 16 heteroatoms. The van der Waals surface area contributed by atoms with E-state index in [-0.39, 0.29) is 17.7 Å². The summed E-state index contributed by atoms with van der Waals surface area (Å²) in [5.41, 5.74) is 0.805. The van der Waals surface area contributed by atoms with Gasteiger partial charge in [-0.25, -0.2) is 27.3 Å². The molecule has 1 N–H and O–H groups in total. The molecule has 3 heterocycles. The van der Waals surface area contributed by atoms with E-state index in [0.29, 0.717) is 70.3 Å². The van der Waals surface area contributed by atoms with Gasteiger partial charge in [-0.3, -0.25) is 9.59 Å². The zero-order chi connectivity index (χ0) is 36.0. The van der Waals surface area contributed by atoms with Crippen molar-refractivity contribution in [3.63, 3.8) is 0 Å². The number of aryl methyl sites for hydroxylation is 1. The van der Waals surface area contributed by atoms with E-state index in [9.17, 15) is 36.3 Å². The third-order valence-electron chi connectivity index (χ3n) is 9.01. The van der Waals surface area contributed by atoms with Gasteiger partial charge >= 0.3 is 12.1 Å². The third-order valence-corrected chi connectivity index (χ3v) is 9.01. The maximum absolute atomic E-state index is 15.3. The number of carbonyl (C=O) groups excluding carboxylic acids is 2. The van der Waals surface area contributed by atoms with Crippen LogP contribution in [0.3, 0.4) is 0 Å². The lowest BCUT2D eigenvalue weighted by molar-refractivity contribution is -0.175. The van der Waals surface area contributed by atoms with Crippen LogP contribution in [-0.2, 0) is 29.4 Å². The van der Waals surface area contributed by atoms with Gasteiger partial charge in [0.25, 0.3) is 17.4 Å². The van der Waals surface area contributed by atoms with Crippen LogP contribution in [0.15, 0.2) is 29.1 Å². The number of nitrogens with one attached hydrogen (secondary N) is 1. The molecule has 1 fully saturated rings. The first kappa shape index (κ1) is 35.7. The molecule has 2 aromatic carbocycles. The van der Waals surface area contributed by atoms with Crippen LogP contribution in [0.1, 0.15) is 52.1 Å². The second kappa shape index (κ2) is 13.3. The predicted molar refractivity (Wildman–Crippen MR) is 163 cm³/mol. The number of benzene rings is 2. The van der Waals surface area contributed by atoms with Crippen molar-refractivity contribution < 1.29 is 49.8 Å². The van der Waals surface area contributed by atoms with Crippen molar-refractivity contribution in [2.24, 2.45) is 7.05 Å². The second-order valence-electron chi connectivity index (χ2n) is 12.1. The summed E-state index contributed by atoms with van der Waals surface area (Å²) in [6.45, 7) is 3.02. The SMILES string of the molecule is COC(=O)[C@H](Cc1ccc(-c2nc(C)c(C)n(C)c2=O)c2c1CCCO2)NC(=O)c1c(F)cc(N2CCC(F)(F)C[C@@H]2C(F)(F)F)cc1F. The molecule has 2 atom stereocenters. The number of piperidine rings is 1. The van der Waals surface area contributed by atoms with Crippen LogP contribution in [0.25, 0.3) is 11.3 Å². The Hall–Kier alpha value is -4.63. The largest absolute Gasteiger partial charge is 0.493 e. The molecule has 1 aromatic heterocycles. The Morgan fingerprint density at radius 3 is 2.47 bits per heavy atom. The van der Waals surface area contributed by atoms with Crippen LogP contribution in [0.5, 0.6) is 5.75 Å². The number of anilines is 1. The van der Waals surface area contributed by atoms with Crippen LogP contribution < -0.4 is 20.5 Å². The minimum Gasteiger partial charge on any atom is -0.493 e. The Kier molecular flexibility index (Phi) is 9.72. The first-order valence-electron chi connectivity index (χ1n) is 15.3. The Morgan fingerprint density at radius 2 is 1.84 bits per heavy atom. The maximum Gasteiger partial charge on any atom is 0.408 e. The van der Waals surface area contributed by atoms with E-state index in [0.717, 1.165) is 7.11 Å². The second-order valence-corrected chi connectivity index (χ2v) is 12.1. The number of carbonyl (C=O) groups is 2. The number of nitrogens with zero attached hydrogens (tertiary/aromatic N) is 3. The topological polar surface area (TPSA) is 103 Å². The van der Waals surface area contributed by atoms with Crippen molar-refractivity contribution in [2.45, 2.75) is 70.1 Å². The van der Waals surface area contributed by atoms with Crippen molar-refractivity contribution in [3.05, 3.63) is 74.3 Å². The molecule has 1 amide bonds. The van der Waals surface area contributed by atoms with E-state index >= 15 is 8.78 Å². The van der Waals surface area contributed by atoms with Crippen molar-refractivity contribution >= 4 is 17.6 Å². The van der Waals surface area contributed by atoms with Crippen molar-refractivity contribution in [1.82, 2.24) is 14.9 Å². The molecule has 3 aromatic rings. The van der Waals surface area contributed by atoms with Gasteiger partial charge in [0.15, 0.2) is 0 Å². The maximum atomic E-state index is 15.3. The highest BCUT2D eigenvalue weighted by Crippen LogP contribution is 2.42. The van der Waals surface area contributed by atoms with E-state index < -0.39 is 78.3 Å². The first-order valence-corrected chi connectivity index (χ1v) is 15.3. The smallest absolute Gasteiger partial charge is 0.408 e. The highest BCUT2D eigenvalue weighted by Gasteiger charge is 2.52. The summed E-state index contributed by atoms with van der Waals surface area (Å²) >= 11 is 0. The van der Waals surface area contributed by atoms with Crippen molar-refractivity contribution in [1.29, 1.82) is 0 Å². The standard InChI is InChI=1S/C33H33F7N4O5/c1-16-17(2)43(3)30(46)27(41-16)21-8-7-18(20-6-5-11-49-28(20)21)12-24(31(47)48-4)42-29(45)26-22(34)13-19(14-23(26)35)44-10-9-32(36,37)15-25(44)33(38,39)40/h7-8,13-14,24-25H,5-6,9-12,15H2,1-4H3,(H,42,45)/t24-,25+/m0/s1. The summed E-state index contributed by atoms with van der Waals surface area (Å²) in [6.07, 6.45) is -6.87. The van der Waals surface area contributed by atoms with Crippen molar-refractivity contribution in [2.75, 3.05) is 25.2 Å². The van der Waals surface area contributed by atoms with E-state index in [1.165, 1.54) is 4.57 Å². The van der Waals surface area contributed by atoms with Crippen LogP contribution in [0, 0.1) is 25.5 Å². The lowest BCUT2D eigenvalue weighted by atomic mass is 9.91. The van der Waals surface area contributed by atoms with Gasteiger partial charge in [0.1, 0.15) is 40.7 Å². The van der Waals surface area contributed by atoms with Crippen LogP contribution in [0.2, 0.25) is 0 Å². The van der Waals surface area contributed by atoms with E-state index in [4.69, 9.17) is 9.47 Å². The van der Waals surface area contributed by atoms with Gasteiger partial charge in [-0.2, -0.15) is 13.2 Å². The highest BCUT2D eigenvalue weighted by molar-refractivity contribution is 5.97. The summed E-state index contributed by atoms with van der Waals surface area (Å²) in [6, 6.07) is -0.0590. The van der Waals surface area contributed by atoms with Gasteiger partial charge in [0, 0.05) is 49.8 Å². The molecular formula is C33H33F7N4O5. The van der Waals surface area contributed by atoms with Crippen LogP contribution >= 0.6 is 0 Å². The molecule has 0 spiro atoms. The molecular weight excluding hydrogens is 665 g/mol. The summed E-state index contributed by atoms with van der Waals surface area (Å²) in [4.78, 5) is 44.1. The fourth-order valence-electron chi connectivity index (χ4n) is 6.20. The van der Waals surface area contributed by atoms with Gasteiger partial charge < -0.3 is 24.3 Å². The molecule has 0 saturated carbocycles. The molecule has 2 aliphatic heterocycles. The highest BCUT2D eigenvalue weighted by atomic mass is 19.4. The number of rotatable bonds is 7. The number of fused-ring (bicyclic) bond motifs is 1. The van der Waals surface area contributed by atoms with Gasteiger partial charge in [-0.1, -0.05) is 6.07 Å². The van der Waals surface area contributed by atoms with Gasteiger partial charge in [0.2, 0.25) is 0 Å². The van der Waals surface area contributed by atoms with Gasteiger partial charge in [-0.05, 0) is 56.0 Å². The molecule has 0 bridgehead atoms. The van der Waals surface area contributed by atoms with Crippen molar-refractivity contribution in [3.8, 4) is 17.0 Å². The lowest BCUT2D eigenvalue weighted by Gasteiger charge is -2.41. The number of aromatic nitrogens is 2. The number of hydrogen-bond donors (Lipinski definition) is 1. The average molecular weight is 699 g/mol. The number of alkyl halides is 5. The van der Waals surface area contributed by atoms with E-state index in [2.05, 4.69) is 10.3 Å². The Morgan fingerprint density at radius 1 is 1.16 bits per heavy atom. The normalized spacial score (nSPS) is 17.9. The van der Waals surface area contributed by atoms with Crippen LogP contribution in [0.4, 0.5) is 36.4 Å². The number of esters is 1. The molecule has 5 rings (SSSR count). The molecule has 49 heavy (non-hydrogen) atoms. The summed E-state index contributed by atoms with van der Waals surface area (Å²) in [5.74, 6) is -8.76. The summed E-state index contributed by atoms with van der Waals surface area (Å²) in [7, 11) is 2.66. The molecule has 0 unspecified atom stereocenters. The third kappa shape index (κ3) is 7.08. The summed E-state index contributed by atoms with van der Waals surface area (Å²) in [5, 5.41) is 2.25. The van der Waals surface area contributed by atoms with Crippen LogP contribution in [-0.4, -0.2) is 65.9 Å². The Labute approximate surface area is 276 Å². The first-order chi connectivity index (χ1) is 22.9. The molecule has 264 valence electrons. The monoisotopic (exact) mass is 698 g/mol. The number of halogens is 7. The fourth-order valence-corrected chi connectivity index (χ4v) is 6.20. The van der Waals surface area contributed by atoms with E-state index in [1.807, 2.05) is 0 Å². The quantitative estimate of drug-likeness (QED) is 0.262. The average Bonchev–Trinajstić information content (AvgIpc) is 3.03. The minimum atomic E-state index is -5.13. The number of amides is 1. The Bertz CT molecular complexity index is 1840. The molecule has 0 aliphatic carbocycles. The number of ether oxygens (including phenoxy) is 2. The zero-order valence-electron chi connectivity index (χ0n) is 26.9. The molecule has 2 aliphatic rings. The van der Waals surface area contributed by atoms with Gasteiger partial charge in [0.05, 0.1) is 19.4 Å². The molecule has 0 radical (unpaired) electrons. The Balaban J connectivity index is 1.44. The number of methoxy groups -OCH3 is 1. The summed E-state index contributed by atoms with van der Waals surface area (Å²) < 4.78 is 111. The molecule has 9 nitrogen and oxygen atoms in total. The van der Waals surface area contributed by atoms with Gasteiger partial charge in [-0.15, -0.1) is 0 Å². The lowest BCUT2D eigenvalue weighted by Crippen LogP contribution is -2.54. The fraction of sp³-hybridized carbons (Fsp3) is 0.455. The number of hydrogen-bond acceptors (Lipinski definition) is 7. The zero-order valence-corrected chi connectivity index (χ0v) is 26.9. The molecule has 1 saturated heterocycles. The van der Waals surface area contributed by atoms with E-state index in [1.54, 1.807) is 33.0 Å².